The average molecular weight is 296 g/mol. The lowest BCUT2D eigenvalue weighted by molar-refractivity contribution is 0.481. The normalized spacial score (nSPS) is 17.3. The number of aryl methyl sites for hydroxylation is 1. The highest BCUT2D eigenvalue weighted by Crippen LogP contribution is 2.33. The lowest BCUT2D eigenvalue weighted by atomic mass is 10.1. The van der Waals surface area contributed by atoms with Crippen molar-refractivity contribution in [2.24, 2.45) is 0 Å². The van der Waals surface area contributed by atoms with Gasteiger partial charge in [0.1, 0.15) is 16.9 Å². The molecule has 1 atom stereocenters. The van der Waals surface area contributed by atoms with Gasteiger partial charge in [-0.05, 0) is 13.3 Å². The van der Waals surface area contributed by atoms with E-state index < -0.39 is 0 Å². The van der Waals surface area contributed by atoms with Crippen molar-refractivity contribution in [1.29, 1.82) is 0 Å². The molecule has 2 aromatic heterocycles. The number of hydrogen-bond donors (Lipinski definition) is 1. The van der Waals surface area contributed by atoms with E-state index in [1.807, 2.05) is 11.6 Å². The first-order chi connectivity index (χ1) is 10.3. The molecule has 0 saturated carbocycles. The van der Waals surface area contributed by atoms with Crippen molar-refractivity contribution in [3.05, 3.63) is 52.5 Å². The Morgan fingerprint density at radius 2 is 2.14 bits per heavy atom. The summed E-state index contributed by atoms with van der Waals surface area (Å²) in [7, 11) is 0. The first-order valence-corrected chi connectivity index (χ1v) is 7.99. The summed E-state index contributed by atoms with van der Waals surface area (Å²) in [5, 5.41) is 11.4. The van der Waals surface area contributed by atoms with E-state index in [0.717, 1.165) is 35.0 Å². The molecular formula is C16H16N4S. The van der Waals surface area contributed by atoms with Crippen molar-refractivity contribution in [2.75, 3.05) is 11.9 Å². The Bertz CT molecular complexity index is 743. The molecule has 0 spiro atoms. The molecule has 0 aliphatic carbocycles. The van der Waals surface area contributed by atoms with Gasteiger partial charge in [-0.1, -0.05) is 29.8 Å². The highest BCUT2D eigenvalue weighted by molar-refractivity contribution is 7.09. The van der Waals surface area contributed by atoms with Crippen LogP contribution in [0.25, 0.3) is 11.3 Å². The van der Waals surface area contributed by atoms with Gasteiger partial charge in [0.05, 0.1) is 5.69 Å². The van der Waals surface area contributed by atoms with Crippen molar-refractivity contribution in [1.82, 2.24) is 14.8 Å². The number of anilines is 1. The molecule has 0 saturated heterocycles. The maximum Gasteiger partial charge on any atom is 0.125 e. The van der Waals surface area contributed by atoms with Crippen LogP contribution < -0.4 is 5.32 Å². The van der Waals surface area contributed by atoms with Crippen LogP contribution in [-0.2, 0) is 0 Å². The van der Waals surface area contributed by atoms with Crippen molar-refractivity contribution in [2.45, 2.75) is 19.4 Å². The molecule has 1 aromatic carbocycles. The number of nitrogens with one attached hydrogen (secondary N) is 1. The molecule has 3 heterocycles. The van der Waals surface area contributed by atoms with Crippen LogP contribution in [0.15, 0.2) is 41.9 Å². The lowest BCUT2D eigenvalue weighted by Gasteiger charge is -2.23. The molecule has 4 nitrogen and oxygen atoms in total. The number of rotatable bonds is 2. The molecule has 4 rings (SSSR count). The van der Waals surface area contributed by atoms with E-state index in [-0.39, 0.29) is 6.04 Å². The Kier molecular flexibility index (Phi) is 3.00. The van der Waals surface area contributed by atoms with E-state index >= 15 is 0 Å². The summed E-state index contributed by atoms with van der Waals surface area (Å²) in [6.07, 6.45) is 2.89. The van der Waals surface area contributed by atoms with Gasteiger partial charge in [-0.3, -0.25) is 0 Å². The quantitative estimate of drug-likeness (QED) is 0.783. The summed E-state index contributed by atoms with van der Waals surface area (Å²) >= 11 is 1.70. The first kappa shape index (κ1) is 12.6. The minimum Gasteiger partial charge on any atom is -0.370 e. The average Bonchev–Trinajstić information content (AvgIpc) is 3.17. The molecule has 1 aliphatic rings. The fraction of sp³-hybridized carbons (Fsp3) is 0.250. The number of hydrogen-bond acceptors (Lipinski definition) is 4. The second-order valence-electron chi connectivity index (χ2n) is 5.33. The third-order valence-corrected chi connectivity index (χ3v) is 4.72. The highest BCUT2D eigenvalue weighted by atomic mass is 32.1. The van der Waals surface area contributed by atoms with Gasteiger partial charge in [-0.2, -0.15) is 5.10 Å². The molecular weight excluding hydrogens is 280 g/mol. The highest BCUT2D eigenvalue weighted by Gasteiger charge is 2.25. The van der Waals surface area contributed by atoms with E-state index in [1.165, 1.54) is 5.56 Å². The maximum absolute atomic E-state index is 4.81. The van der Waals surface area contributed by atoms with Crippen LogP contribution in [0.5, 0.6) is 0 Å². The van der Waals surface area contributed by atoms with Gasteiger partial charge < -0.3 is 5.32 Å². The van der Waals surface area contributed by atoms with Gasteiger partial charge in [0.2, 0.25) is 0 Å². The molecule has 0 fully saturated rings. The van der Waals surface area contributed by atoms with E-state index in [2.05, 4.69) is 52.2 Å². The molecule has 0 amide bonds. The van der Waals surface area contributed by atoms with E-state index in [1.54, 1.807) is 11.3 Å². The fourth-order valence-electron chi connectivity index (χ4n) is 2.72. The molecule has 1 aliphatic heterocycles. The molecule has 3 aromatic rings. The minimum absolute atomic E-state index is 0.250. The Morgan fingerprint density at radius 3 is 2.90 bits per heavy atom. The van der Waals surface area contributed by atoms with E-state index in [9.17, 15) is 0 Å². The molecule has 0 radical (unpaired) electrons. The van der Waals surface area contributed by atoms with Gasteiger partial charge in [-0.15, -0.1) is 11.3 Å². The Hall–Kier alpha value is -2.14. The van der Waals surface area contributed by atoms with Crippen molar-refractivity contribution < 1.29 is 0 Å². The van der Waals surface area contributed by atoms with Crippen molar-refractivity contribution >= 4 is 17.2 Å². The fourth-order valence-corrected chi connectivity index (χ4v) is 3.47. The Morgan fingerprint density at radius 1 is 1.29 bits per heavy atom. The zero-order chi connectivity index (χ0) is 14.2. The lowest BCUT2D eigenvalue weighted by Crippen LogP contribution is -2.24. The van der Waals surface area contributed by atoms with Crippen LogP contribution >= 0.6 is 11.3 Å². The third-order valence-electron chi connectivity index (χ3n) is 3.84. The summed E-state index contributed by atoms with van der Waals surface area (Å²) in [4.78, 5) is 4.46. The van der Waals surface area contributed by atoms with Gasteiger partial charge >= 0.3 is 0 Å². The second-order valence-corrected chi connectivity index (χ2v) is 6.25. The second kappa shape index (κ2) is 5.00. The van der Waals surface area contributed by atoms with Gasteiger partial charge in [0.15, 0.2) is 0 Å². The molecule has 21 heavy (non-hydrogen) atoms. The zero-order valence-electron chi connectivity index (χ0n) is 11.8. The van der Waals surface area contributed by atoms with Gasteiger partial charge in [-0.25, -0.2) is 9.67 Å². The maximum atomic E-state index is 4.81. The summed E-state index contributed by atoms with van der Waals surface area (Å²) in [5.74, 6) is 1.08. The molecule has 106 valence electrons. The van der Waals surface area contributed by atoms with Crippen LogP contribution in [0.3, 0.4) is 0 Å². The zero-order valence-corrected chi connectivity index (χ0v) is 12.6. The Balaban J connectivity index is 1.75. The summed E-state index contributed by atoms with van der Waals surface area (Å²) < 4.78 is 2.08. The smallest absolute Gasteiger partial charge is 0.125 e. The third kappa shape index (κ3) is 2.23. The summed E-state index contributed by atoms with van der Waals surface area (Å²) in [6, 6.07) is 10.9. The largest absolute Gasteiger partial charge is 0.370 e. The van der Waals surface area contributed by atoms with Crippen molar-refractivity contribution in [3.8, 4) is 11.3 Å². The van der Waals surface area contributed by atoms with Crippen LogP contribution in [0.2, 0.25) is 0 Å². The summed E-state index contributed by atoms with van der Waals surface area (Å²) in [5.41, 5.74) is 3.43. The topological polar surface area (TPSA) is 42.7 Å². The number of thiazole rings is 1. The molecule has 5 heteroatoms. The van der Waals surface area contributed by atoms with Gasteiger partial charge in [0, 0.05) is 29.8 Å². The van der Waals surface area contributed by atoms with Crippen LogP contribution in [0.4, 0.5) is 5.82 Å². The van der Waals surface area contributed by atoms with Crippen LogP contribution in [0.1, 0.15) is 23.0 Å². The molecule has 1 N–H and O–H groups in total. The predicted molar refractivity (Wildman–Crippen MR) is 85.8 cm³/mol. The Labute approximate surface area is 127 Å². The monoisotopic (exact) mass is 296 g/mol. The van der Waals surface area contributed by atoms with Crippen LogP contribution in [0, 0.1) is 6.92 Å². The van der Waals surface area contributed by atoms with E-state index in [0.29, 0.717) is 0 Å². The minimum atomic E-state index is 0.250. The predicted octanol–water partition coefficient (Wildman–Crippen LogP) is 3.72. The first-order valence-electron chi connectivity index (χ1n) is 7.11. The number of fused-ring (bicyclic) bond motifs is 1. The van der Waals surface area contributed by atoms with Crippen molar-refractivity contribution in [3.63, 3.8) is 0 Å². The molecule has 1 unspecified atom stereocenters. The number of benzene rings is 1. The van der Waals surface area contributed by atoms with E-state index in [4.69, 9.17) is 5.10 Å². The van der Waals surface area contributed by atoms with Crippen LogP contribution in [-0.4, -0.2) is 21.3 Å². The molecule has 0 bridgehead atoms. The number of aromatic nitrogens is 3. The summed E-state index contributed by atoms with van der Waals surface area (Å²) in [6.45, 7) is 3.06. The standard InChI is InChI=1S/C16H16N4S/c1-11-2-4-12(5-3-11)13-10-15-17-7-6-14(20(15)19-13)16-18-8-9-21-16/h2-5,8-10,14,17H,6-7H2,1H3. The van der Waals surface area contributed by atoms with Gasteiger partial charge in [0.25, 0.3) is 0 Å². The SMILES string of the molecule is Cc1ccc(-c2cc3n(n2)C(c2nccs2)CCN3)cc1. The number of nitrogens with zero attached hydrogens (tertiary/aromatic N) is 3.